The number of nitrogens with one attached hydrogen (secondary N) is 1. The molecule has 1 unspecified atom stereocenters. The third-order valence-corrected chi connectivity index (χ3v) is 5.14. The Morgan fingerprint density at radius 1 is 1.08 bits per heavy atom. The molecule has 1 N–H and O–H groups in total. The zero-order chi connectivity index (χ0) is 18.4. The van der Waals surface area contributed by atoms with Crippen molar-refractivity contribution >= 4 is 11.3 Å². The topological polar surface area (TPSA) is 43.4 Å². The van der Waals surface area contributed by atoms with Gasteiger partial charge in [0.05, 0.1) is 25.4 Å². The van der Waals surface area contributed by atoms with E-state index < -0.39 is 0 Å². The Morgan fingerprint density at radius 2 is 1.88 bits per heavy atom. The van der Waals surface area contributed by atoms with Crippen molar-refractivity contribution in [2.24, 2.45) is 0 Å². The van der Waals surface area contributed by atoms with E-state index >= 15 is 0 Å². The highest BCUT2D eigenvalue weighted by Gasteiger charge is 2.16. The molecule has 26 heavy (non-hydrogen) atoms. The van der Waals surface area contributed by atoms with Gasteiger partial charge >= 0.3 is 0 Å². The van der Waals surface area contributed by atoms with Gasteiger partial charge in [-0.3, -0.25) is 0 Å². The number of ether oxygens (including phenoxy) is 2. The second-order valence-electron chi connectivity index (χ2n) is 6.16. The lowest BCUT2D eigenvalue weighted by atomic mass is 9.95. The predicted octanol–water partition coefficient (Wildman–Crippen LogP) is 4.54. The lowest BCUT2D eigenvalue weighted by Crippen LogP contribution is -2.23. The van der Waals surface area contributed by atoms with Crippen molar-refractivity contribution in [3.8, 4) is 11.5 Å². The van der Waals surface area contributed by atoms with Gasteiger partial charge in [0.1, 0.15) is 0 Å². The molecule has 136 valence electrons. The van der Waals surface area contributed by atoms with Gasteiger partial charge in [0.25, 0.3) is 0 Å². The molecular formula is C21H24N2O2S. The highest BCUT2D eigenvalue weighted by atomic mass is 32.1. The van der Waals surface area contributed by atoms with Gasteiger partial charge in [0, 0.05) is 18.0 Å². The van der Waals surface area contributed by atoms with Crippen molar-refractivity contribution in [3.05, 3.63) is 75.7 Å². The fraction of sp³-hybridized carbons (Fsp3) is 0.286. The molecule has 1 aromatic heterocycles. The van der Waals surface area contributed by atoms with Crippen LogP contribution in [0.1, 0.15) is 28.4 Å². The Bertz CT molecular complexity index is 834. The van der Waals surface area contributed by atoms with Crippen molar-refractivity contribution in [1.29, 1.82) is 0 Å². The van der Waals surface area contributed by atoms with Gasteiger partial charge in [-0.15, -0.1) is 11.3 Å². The molecule has 3 rings (SSSR count). The molecule has 1 atom stereocenters. The van der Waals surface area contributed by atoms with Crippen LogP contribution in [0.4, 0.5) is 0 Å². The minimum absolute atomic E-state index is 0.151. The number of aromatic nitrogens is 1. The van der Waals surface area contributed by atoms with E-state index in [-0.39, 0.29) is 6.04 Å². The van der Waals surface area contributed by atoms with E-state index in [4.69, 9.17) is 9.47 Å². The third-order valence-electron chi connectivity index (χ3n) is 4.51. The maximum Gasteiger partial charge on any atom is 0.161 e. The van der Waals surface area contributed by atoms with E-state index in [2.05, 4.69) is 59.0 Å². The molecule has 0 aliphatic carbocycles. The molecule has 2 aromatic carbocycles. The van der Waals surface area contributed by atoms with Crippen molar-refractivity contribution in [2.75, 3.05) is 14.2 Å². The summed E-state index contributed by atoms with van der Waals surface area (Å²) in [5.74, 6) is 1.49. The summed E-state index contributed by atoms with van der Waals surface area (Å²) >= 11 is 1.62. The first-order chi connectivity index (χ1) is 12.7. The van der Waals surface area contributed by atoms with Crippen LogP contribution in [0.25, 0.3) is 0 Å². The normalized spacial score (nSPS) is 12.0. The van der Waals surface area contributed by atoms with Gasteiger partial charge in [-0.25, -0.2) is 4.98 Å². The van der Waals surface area contributed by atoms with E-state index in [1.165, 1.54) is 16.7 Å². The van der Waals surface area contributed by atoms with Crippen LogP contribution in [-0.4, -0.2) is 19.2 Å². The molecule has 0 bridgehead atoms. The average molecular weight is 369 g/mol. The molecule has 0 aliphatic rings. The van der Waals surface area contributed by atoms with Crippen molar-refractivity contribution in [3.63, 3.8) is 0 Å². The van der Waals surface area contributed by atoms with E-state index in [0.717, 1.165) is 30.2 Å². The number of benzene rings is 2. The Hall–Kier alpha value is -2.37. The van der Waals surface area contributed by atoms with E-state index in [9.17, 15) is 0 Å². The Balaban J connectivity index is 1.87. The summed E-state index contributed by atoms with van der Waals surface area (Å²) in [7, 11) is 3.32. The van der Waals surface area contributed by atoms with Gasteiger partial charge in [-0.2, -0.15) is 0 Å². The molecule has 5 heteroatoms. The van der Waals surface area contributed by atoms with Crippen molar-refractivity contribution < 1.29 is 9.47 Å². The molecule has 0 aliphatic heterocycles. The maximum atomic E-state index is 5.49. The predicted molar refractivity (Wildman–Crippen MR) is 106 cm³/mol. The Labute approximate surface area is 158 Å². The molecule has 0 radical (unpaired) electrons. The summed E-state index contributed by atoms with van der Waals surface area (Å²) in [6.45, 7) is 2.88. The smallest absolute Gasteiger partial charge is 0.161 e. The third kappa shape index (κ3) is 4.42. The fourth-order valence-corrected chi connectivity index (χ4v) is 3.55. The number of rotatable bonds is 8. The second kappa shape index (κ2) is 8.83. The number of nitrogens with zero attached hydrogens (tertiary/aromatic N) is 1. The van der Waals surface area contributed by atoms with Crippen LogP contribution in [0.3, 0.4) is 0 Å². The SMILES string of the molecule is COc1ccc(C(Cc2ccccc2C)NCc2cscn2)cc1OC. The van der Waals surface area contributed by atoms with Gasteiger partial charge in [0.2, 0.25) is 0 Å². The van der Waals surface area contributed by atoms with Gasteiger partial charge in [0.15, 0.2) is 11.5 Å². The number of methoxy groups -OCH3 is 2. The first-order valence-electron chi connectivity index (χ1n) is 8.58. The first-order valence-corrected chi connectivity index (χ1v) is 9.52. The minimum atomic E-state index is 0.151. The van der Waals surface area contributed by atoms with E-state index in [1.807, 2.05) is 11.6 Å². The van der Waals surface area contributed by atoms with Gasteiger partial charge in [-0.1, -0.05) is 30.3 Å². The lowest BCUT2D eigenvalue weighted by Gasteiger charge is -2.21. The molecule has 4 nitrogen and oxygen atoms in total. The summed E-state index contributed by atoms with van der Waals surface area (Å²) < 4.78 is 10.9. The maximum absolute atomic E-state index is 5.49. The zero-order valence-corrected chi connectivity index (χ0v) is 16.2. The number of hydrogen-bond donors (Lipinski definition) is 1. The largest absolute Gasteiger partial charge is 0.493 e. The molecule has 1 heterocycles. The molecule has 0 spiro atoms. The quantitative estimate of drug-likeness (QED) is 0.634. The summed E-state index contributed by atoms with van der Waals surface area (Å²) in [6.07, 6.45) is 0.895. The average Bonchev–Trinajstić information content (AvgIpc) is 3.19. The van der Waals surface area contributed by atoms with Crippen LogP contribution in [0.5, 0.6) is 11.5 Å². The van der Waals surface area contributed by atoms with E-state index in [1.54, 1.807) is 25.6 Å². The second-order valence-corrected chi connectivity index (χ2v) is 6.88. The van der Waals surface area contributed by atoms with Crippen LogP contribution in [-0.2, 0) is 13.0 Å². The molecule has 0 saturated heterocycles. The Kier molecular flexibility index (Phi) is 6.26. The van der Waals surface area contributed by atoms with Crippen LogP contribution in [0, 0.1) is 6.92 Å². The van der Waals surface area contributed by atoms with Gasteiger partial charge < -0.3 is 14.8 Å². The van der Waals surface area contributed by atoms with Gasteiger partial charge in [-0.05, 0) is 42.2 Å². The molecule has 0 amide bonds. The summed E-state index contributed by atoms with van der Waals surface area (Å²) in [4.78, 5) is 4.38. The fourth-order valence-electron chi connectivity index (χ4n) is 2.99. The van der Waals surface area contributed by atoms with Crippen LogP contribution in [0.2, 0.25) is 0 Å². The number of thiazole rings is 1. The monoisotopic (exact) mass is 368 g/mol. The number of aryl methyl sites for hydroxylation is 1. The highest BCUT2D eigenvalue weighted by molar-refractivity contribution is 7.07. The van der Waals surface area contributed by atoms with Crippen molar-refractivity contribution in [2.45, 2.75) is 25.9 Å². The minimum Gasteiger partial charge on any atom is -0.493 e. The molecular weight excluding hydrogens is 344 g/mol. The van der Waals surface area contributed by atoms with Crippen LogP contribution < -0.4 is 14.8 Å². The highest BCUT2D eigenvalue weighted by Crippen LogP contribution is 2.31. The summed E-state index contributed by atoms with van der Waals surface area (Å²) in [5, 5.41) is 5.73. The summed E-state index contributed by atoms with van der Waals surface area (Å²) in [6, 6.07) is 14.8. The molecule has 0 fully saturated rings. The number of hydrogen-bond acceptors (Lipinski definition) is 5. The van der Waals surface area contributed by atoms with Crippen LogP contribution >= 0.6 is 11.3 Å². The summed E-state index contributed by atoms with van der Waals surface area (Å²) in [5.41, 5.74) is 6.72. The standard InChI is InChI=1S/C21H24N2O2S/c1-15-6-4-5-7-16(15)10-19(22-12-18-13-26-14-23-18)17-8-9-20(24-2)21(11-17)25-3/h4-9,11,13-14,19,22H,10,12H2,1-3H3. The van der Waals surface area contributed by atoms with Crippen LogP contribution in [0.15, 0.2) is 53.4 Å². The molecule has 3 aromatic rings. The first kappa shape index (κ1) is 18.4. The Morgan fingerprint density at radius 3 is 2.58 bits per heavy atom. The van der Waals surface area contributed by atoms with E-state index in [0.29, 0.717) is 0 Å². The van der Waals surface area contributed by atoms with Crippen molar-refractivity contribution in [1.82, 2.24) is 10.3 Å². The lowest BCUT2D eigenvalue weighted by molar-refractivity contribution is 0.353. The molecule has 0 saturated carbocycles. The zero-order valence-electron chi connectivity index (χ0n) is 15.4.